The average molecular weight is 253 g/mol. The van der Waals surface area contributed by atoms with E-state index in [1.165, 1.54) is 6.42 Å². The number of rotatable bonds is 6. The minimum atomic E-state index is -0.0639. The van der Waals surface area contributed by atoms with Crippen molar-refractivity contribution in [1.29, 1.82) is 0 Å². The molecule has 0 aliphatic carbocycles. The molecule has 2 atom stereocenters. The molecule has 3 heteroatoms. The van der Waals surface area contributed by atoms with Gasteiger partial charge in [-0.15, -0.1) is 0 Å². The summed E-state index contributed by atoms with van der Waals surface area (Å²) in [5.74, 6) is 0.479. The van der Waals surface area contributed by atoms with Crippen molar-refractivity contribution in [2.24, 2.45) is 5.41 Å². The van der Waals surface area contributed by atoms with Gasteiger partial charge in [-0.2, -0.15) is 0 Å². The molecule has 2 heterocycles. The van der Waals surface area contributed by atoms with E-state index < -0.39 is 0 Å². The van der Waals surface area contributed by atoms with Gasteiger partial charge in [0.2, 0.25) is 0 Å². The van der Waals surface area contributed by atoms with Gasteiger partial charge in [0.1, 0.15) is 5.78 Å². The molecule has 0 aromatic carbocycles. The van der Waals surface area contributed by atoms with Gasteiger partial charge in [0, 0.05) is 25.0 Å². The number of Topliss-reactive ketones (excluding diaryl/α,β-unsaturated/α-hetero) is 1. The second-order valence-electron chi connectivity index (χ2n) is 5.91. The van der Waals surface area contributed by atoms with E-state index in [0.29, 0.717) is 18.3 Å². The standard InChI is InChI=1S/C15H27NO2/c1-2-8-15(9-4-10-16-12-15)14(17)7-6-13-5-3-11-18-13/h13,16H,2-12H2,1H3. The van der Waals surface area contributed by atoms with Crippen LogP contribution in [0.4, 0.5) is 0 Å². The summed E-state index contributed by atoms with van der Waals surface area (Å²) >= 11 is 0. The molecule has 0 saturated carbocycles. The molecular formula is C15H27NO2. The zero-order chi connectivity index (χ0) is 12.8. The van der Waals surface area contributed by atoms with E-state index in [0.717, 1.165) is 58.2 Å². The molecule has 0 spiro atoms. The van der Waals surface area contributed by atoms with E-state index in [-0.39, 0.29) is 5.41 Å². The second kappa shape index (κ2) is 6.67. The number of hydrogen-bond donors (Lipinski definition) is 1. The van der Waals surface area contributed by atoms with E-state index in [9.17, 15) is 4.79 Å². The van der Waals surface area contributed by atoms with Crippen LogP contribution in [0.1, 0.15) is 58.3 Å². The number of carbonyl (C=O) groups is 1. The Morgan fingerprint density at radius 3 is 2.94 bits per heavy atom. The predicted molar refractivity (Wildman–Crippen MR) is 72.7 cm³/mol. The van der Waals surface area contributed by atoms with Gasteiger partial charge in [-0.3, -0.25) is 4.79 Å². The summed E-state index contributed by atoms with van der Waals surface area (Å²) < 4.78 is 5.62. The van der Waals surface area contributed by atoms with Crippen LogP contribution in [0.2, 0.25) is 0 Å². The first-order chi connectivity index (χ1) is 8.77. The molecule has 18 heavy (non-hydrogen) atoms. The second-order valence-corrected chi connectivity index (χ2v) is 5.91. The van der Waals surface area contributed by atoms with Gasteiger partial charge >= 0.3 is 0 Å². The van der Waals surface area contributed by atoms with Crippen LogP contribution < -0.4 is 5.32 Å². The van der Waals surface area contributed by atoms with Crippen LogP contribution in [-0.2, 0) is 9.53 Å². The molecule has 0 aromatic rings. The molecule has 2 fully saturated rings. The molecule has 2 aliphatic rings. The summed E-state index contributed by atoms with van der Waals surface area (Å²) in [6, 6.07) is 0. The number of carbonyl (C=O) groups excluding carboxylic acids is 1. The Kier molecular flexibility index (Phi) is 5.19. The molecule has 2 unspecified atom stereocenters. The normalized spacial score (nSPS) is 32.6. The van der Waals surface area contributed by atoms with Crippen LogP contribution in [0.15, 0.2) is 0 Å². The molecule has 2 aliphatic heterocycles. The quantitative estimate of drug-likeness (QED) is 0.791. The highest BCUT2D eigenvalue weighted by atomic mass is 16.5. The zero-order valence-corrected chi connectivity index (χ0v) is 11.7. The van der Waals surface area contributed by atoms with Crippen LogP contribution in [0.3, 0.4) is 0 Å². The van der Waals surface area contributed by atoms with E-state index in [1.54, 1.807) is 0 Å². The number of ketones is 1. The van der Waals surface area contributed by atoms with Gasteiger partial charge in [-0.1, -0.05) is 13.3 Å². The van der Waals surface area contributed by atoms with Crippen molar-refractivity contribution in [3.05, 3.63) is 0 Å². The third kappa shape index (κ3) is 3.33. The van der Waals surface area contributed by atoms with Crippen LogP contribution >= 0.6 is 0 Å². The van der Waals surface area contributed by atoms with E-state index in [1.807, 2.05) is 0 Å². The predicted octanol–water partition coefficient (Wildman–Crippen LogP) is 2.68. The summed E-state index contributed by atoms with van der Waals surface area (Å²) in [6.07, 6.45) is 8.69. The summed E-state index contributed by atoms with van der Waals surface area (Å²) in [6.45, 7) is 5.04. The van der Waals surface area contributed by atoms with Crippen molar-refractivity contribution in [3.63, 3.8) is 0 Å². The smallest absolute Gasteiger partial charge is 0.140 e. The number of hydrogen-bond acceptors (Lipinski definition) is 3. The number of piperidine rings is 1. The van der Waals surface area contributed by atoms with Crippen LogP contribution in [0.25, 0.3) is 0 Å². The maximum atomic E-state index is 12.6. The van der Waals surface area contributed by atoms with Gasteiger partial charge in [0.15, 0.2) is 0 Å². The molecule has 0 amide bonds. The zero-order valence-electron chi connectivity index (χ0n) is 11.7. The SMILES string of the molecule is CCCC1(C(=O)CCC2CCCO2)CCCNC1. The molecular weight excluding hydrogens is 226 g/mol. The molecule has 0 aromatic heterocycles. The van der Waals surface area contributed by atoms with E-state index in [4.69, 9.17) is 4.74 Å². The molecule has 0 bridgehead atoms. The van der Waals surface area contributed by atoms with Gasteiger partial charge in [-0.25, -0.2) is 0 Å². The number of ether oxygens (including phenoxy) is 1. The molecule has 3 nitrogen and oxygen atoms in total. The molecule has 2 saturated heterocycles. The maximum Gasteiger partial charge on any atom is 0.140 e. The van der Waals surface area contributed by atoms with Crippen molar-refractivity contribution >= 4 is 5.78 Å². The third-order valence-electron chi connectivity index (χ3n) is 4.51. The van der Waals surface area contributed by atoms with Crippen molar-refractivity contribution in [2.45, 2.75) is 64.4 Å². The first kappa shape index (κ1) is 14.0. The molecule has 1 N–H and O–H groups in total. The summed E-state index contributed by atoms with van der Waals surface area (Å²) in [4.78, 5) is 12.6. The lowest BCUT2D eigenvalue weighted by atomic mass is 9.72. The maximum absolute atomic E-state index is 12.6. The highest BCUT2D eigenvalue weighted by molar-refractivity contribution is 5.85. The largest absolute Gasteiger partial charge is 0.378 e. The fraction of sp³-hybridized carbons (Fsp3) is 0.933. The van der Waals surface area contributed by atoms with Crippen molar-refractivity contribution in [3.8, 4) is 0 Å². The topological polar surface area (TPSA) is 38.3 Å². The molecule has 2 rings (SSSR count). The van der Waals surface area contributed by atoms with Crippen LogP contribution in [-0.4, -0.2) is 31.6 Å². The summed E-state index contributed by atoms with van der Waals surface area (Å²) in [5, 5.41) is 3.42. The Morgan fingerprint density at radius 2 is 2.33 bits per heavy atom. The third-order valence-corrected chi connectivity index (χ3v) is 4.51. The first-order valence-electron chi connectivity index (χ1n) is 7.62. The Hall–Kier alpha value is -0.410. The van der Waals surface area contributed by atoms with Gasteiger partial charge in [0.25, 0.3) is 0 Å². The monoisotopic (exact) mass is 253 g/mol. The molecule has 0 radical (unpaired) electrons. The van der Waals surface area contributed by atoms with E-state index in [2.05, 4.69) is 12.2 Å². The Labute approximate surface area is 111 Å². The van der Waals surface area contributed by atoms with Crippen LogP contribution in [0, 0.1) is 5.41 Å². The lowest BCUT2D eigenvalue weighted by molar-refractivity contribution is -0.131. The lowest BCUT2D eigenvalue weighted by Crippen LogP contribution is -2.45. The van der Waals surface area contributed by atoms with Gasteiger partial charge < -0.3 is 10.1 Å². The van der Waals surface area contributed by atoms with E-state index >= 15 is 0 Å². The highest BCUT2D eigenvalue weighted by Crippen LogP contribution is 2.34. The van der Waals surface area contributed by atoms with Crippen molar-refractivity contribution < 1.29 is 9.53 Å². The first-order valence-corrected chi connectivity index (χ1v) is 7.62. The average Bonchev–Trinajstić information content (AvgIpc) is 2.90. The highest BCUT2D eigenvalue weighted by Gasteiger charge is 2.38. The van der Waals surface area contributed by atoms with Crippen LogP contribution in [0.5, 0.6) is 0 Å². The van der Waals surface area contributed by atoms with Crippen molar-refractivity contribution in [1.82, 2.24) is 5.32 Å². The number of nitrogens with one attached hydrogen (secondary N) is 1. The minimum absolute atomic E-state index is 0.0639. The van der Waals surface area contributed by atoms with Gasteiger partial charge in [0.05, 0.1) is 6.10 Å². The molecule has 104 valence electrons. The van der Waals surface area contributed by atoms with Gasteiger partial charge in [-0.05, 0) is 45.1 Å². The fourth-order valence-corrected chi connectivity index (χ4v) is 3.47. The Bertz CT molecular complexity index is 260. The summed E-state index contributed by atoms with van der Waals surface area (Å²) in [7, 11) is 0. The Morgan fingerprint density at radius 1 is 1.44 bits per heavy atom. The fourth-order valence-electron chi connectivity index (χ4n) is 3.47. The summed E-state index contributed by atoms with van der Waals surface area (Å²) in [5.41, 5.74) is -0.0639. The Balaban J connectivity index is 1.86. The minimum Gasteiger partial charge on any atom is -0.378 e. The van der Waals surface area contributed by atoms with Crippen molar-refractivity contribution in [2.75, 3.05) is 19.7 Å². The lowest BCUT2D eigenvalue weighted by Gasteiger charge is -2.36.